The minimum Gasteiger partial charge on any atom is -0.455 e. The number of benzene rings is 4. The Morgan fingerprint density at radius 3 is 2.26 bits per heavy atom. The number of carbonyl (C=O) groups excluding carboxylic acids is 1. The van der Waals surface area contributed by atoms with Crippen molar-refractivity contribution in [1.82, 2.24) is 9.88 Å². The van der Waals surface area contributed by atoms with E-state index in [1.807, 2.05) is 35.0 Å². The first-order valence-corrected chi connectivity index (χ1v) is 15.9. The van der Waals surface area contributed by atoms with Crippen LogP contribution < -0.4 is 10.0 Å². The van der Waals surface area contributed by atoms with Crippen LogP contribution in [0, 0.1) is 5.82 Å². The number of nitrogens with one attached hydrogen (secondary N) is 2. The van der Waals surface area contributed by atoms with Gasteiger partial charge in [-0.25, -0.2) is 12.8 Å². The molecular formula is C34H27F4N3O4S. The summed E-state index contributed by atoms with van der Waals surface area (Å²) in [6, 6.07) is 21.0. The second kappa shape index (κ2) is 11.7. The third kappa shape index (κ3) is 5.95. The van der Waals surface area contributed by atoms with Crippen molar-refractivity contribution in [3.8, 4) is 22.5 Å². The Kier molecular flexibility index (Phi) is 7.85. The van der Waals surface area contributed by atoms with Gasteiger partial charge in [-0.3, -0.25) is 9.52 Å². The van der Waals surface area contributed by atoms with E-state index in [1.54, 1.807) is 6.07 Å². The molecule has 1 amide bonds. The van der Waals surface area contributed by atoms with Crippen molar-refractivity contribution in [3.63, 3.8) is 0 Å². The highest BCUT2D eigenvalue weighted by atomic mass is 32.2. The van der Waals surface area contributed by atoms with Gasteiger partial charge in [-0.05, 0) is 78.0 Å². The van der Waals surface area contributed by atoms with Gasteiger partial charge in [-0.2, -0.15) is 13.2 Å². The number of carbonyl (C=O) groups is 1. The van der Waals surface area contributed by atoms with Gasteiger partial charge in [0.25, 0.3) is 5.91 Å². The number of alkyl halides is 3. The van der Waals surface area contributed by atoms with Crippen LogP contribution in [-0.4, -0.2) is 31.7 Å². The summed E-state index contributed by atoms with van der Waals surface area (Å²) in [5.74, 6) is -0.913. The molecule has 0 atom stereocenters. The zero-order valence-corrected chi connectivity index (χ0v) is 25.4. The maximum atomic E-state index is 13.7. The number of rotatable bonds is 8. The number of halogens is 4. The van der Waals surface area contributed by atoms with E-state index in [4.69, 9.17) is 4.42 Å². The van der Waals surface area contributed by atoms with Crippen LogP contribution in [0.25, 0.3) is 44.3 Å². The summed E-state index contributed by atoms with van der Waals surface area (Å²) in [6.07, 6.45) is -2.61. The molecule has 236 valence electrons. The third-order valence-corrected chi connectivity index (χ3v) is 9.04. The second-order valence-electron chi connectivity index (χ2n) is 10.7. The molecule has 0 aliphatic rings. The van der Waals surface area contributed by atoms with Crippen LogP contribution in [0.2, 0.25) is 0 Å². The smallest absolute Gasteiger partial charge is 0.416 e. The molecule has 6 aromatic rings. The molecule has 0 fully saturated rings. The van der Waals surface area contributed by atoms with Gasteiger partial charge in [0.1, 0.15) is 17.2 Å². The first-order valence-electron chi connectivity index (χ1n) is 14.2. The van der Waals surface area contributed by atoms with Gasteiger partial charge in [0, 0.05) is 47.9 Å². The van der Waals surface area contributed by atoms with Crippen LogP contribution in [0.15, 0.2) is 95.5 Å². The third-order valence-electron chi connectivity index (χ3n) is 7.75. The number of sulfonamides is 1. The summed E-state index contributed by atoms with van der Waals surface area (Å²) >= 11 is 0. The average Bonchev–Trinajstić information content (AvgIpc) is 3.60. The van der Waals surface area contributed by atoms with Crippen LogP contribution in [-0.2, 0) is 22.7 Å². The van der Waals surface area contributed by atoms with Gasteiger partial charge in [0.15, 0.2) is 0 Å². The lowest BCUT2D eigenvalue weighted by atomic mass is 9.98. The van der Waals surface area contributed by atoms with Crippen LogP contribution in [0.5, 0.6) is 0 Å². The Morgan fingerprint density at radius 1 is 0.913 bits per heavy atom. The van der Waals surface area contributed by atoms with Gasteiger partial charge in [-0.15, -0.1) is 0 Å². The van der Waals surface area contributed by atoms with Crippen molar-refractivity contribution >= 4 is 43.5 Å². The molecule has 2 N–H and O–H groups in total. The van der Waals surface area contributed by atoms with Gasteiger partial charge in [0.05, 0.1) is 22.6 Å². The number of anilines is 1. The van der Waals surface area contributed by atoms with Gasteiger partial charge >= 0.3 is 6.18 Å². The topological polar surface area (TPSA) is 93.3 Å². The maximum absolute atomic E-state index is 13.7. The van der Waals surface area contributed by atoms with Crippen molar-refractivity contribution in [2.24, 2.45) is 0 Å². The number of fused-ring (bicyclic) bond motifs is 2. The average molecular weight is 650 g/mol. The van der Waals surface area contributed by atoms with E-state index in [-0.39, 0.29) is 28.3 Å². The van der Waals surface area contributed by atoms with Crippen LogP contribution >= 0.6 is 0 Å². The predicted molar refractivity (Wildman–Crippen MR) is 170 cm³/mol. The first kappa shape index (κ1) is 30.9. The lowest BCUT2D eigenvalue weighted by molar-refractivity contribution is -0.137. The number of aromatic nitrogens is 1. The van der Waals surface area contributed by atoms with E-state index in [9.17, 15) is 30.8 Å². The fraction of sp³-hybridized carbons (Fsp3) is 0.147. The van der Waals surface area contributed by atoms with E-state index >= 15 is 0 Å². The summed E-state index contributed by atoms with van der Waals surface area (Å²) < 4.78 is 89.1. The molecule has 0 radical (unpaired) electrons. The Hall–Kier alpha value is -5.10. The van der Waals surface area contributed by atoms with Crippen molar-refractivity contribution in [3.05, 3.63) is 114 Å². The molecule has 7 nitrogen and oxygen atoms in total. The predicted octanol–water partition coefficient (Wildman–Crippen LogP) is 8.05. The zero-order valence-electron chi connectivity index (χ0n) is 24.6. The largest absolute Gasteiger partial charge is 0.455 e. The van der Waals surface area contributed by atoms with E-state index in [2.05, 4.69) is 10.0 Å². The maximum Gasteiger partial charge on any atom is 0.416 e. The van der Waals surface area contributed by atoms with Crippen LogP contribution in [0.1, 0.15) is 28.4 Å². The lowest BCUT2D eigenvalue weighted by Gasteiger charge is -2.14. The van der Waals surface area contributed by atoms with Crippen molar-refractivity contribution in [2.75, 3.05) is 17.5 Å². The minimum absolute atomic E-state index is 0.191. The zero-order chi connectivity index (χ0) is 32.8. The molecule has 0 aliphatic carbocycles. The molecule has 6 rings (SSSR count). The highest BCUT2D eigenvalue weighted by Crippen LogP contribution is 2.41. The van der Waals surface area contributed by atoms with E-state index in [0.717, 1.165) is 23.0 Å². The monoisotopic (exact) mass is 649 g/mol. The van der Waals surface area contributed by atoms with E-state index in [1.165, 1.54) is 56.4 Å². The van der Waals surface area contributed by atoms with Crippen LogP contribution in [0.3, 0.4) is 0 Å². The minimum atomic E-state index is -4.43. The number of hydrogen-bond donors (Lipinski definition) is 2. The molecule has 0 bridgehead atoms. The molecule has 0 unspecified atom stereocenters. The highest BCUT2D eigenvalue weighted by molar-refractivity contribution is 7.92. The molecule has 0 aliphatic heterocycles. The summed E-state index contributed by atoms with van der Waals surface area (Å²) in [4.78, 5) is 13.2. The number of amides is 1. The Balaban J connectivity index is 1.51. The number of nitrogens with zero attached hydrogens (tertiary/aromatic N) is 1. The molecule has 46 heavy (non-hydrogen) atoms. The summed E-state index contributed by atoms with van der Waals surface area (Å²) in [6.45, 7) is 1.80. The van der Waals surface area contributed by atoms with Gasteiger partial charge < -0.3 is 14.3 Å². The fourth-order valence-corrected chi connectivity index (χ4v) is 5.99. The highest BCUT2D eigenvalue weighted by Gasteiger charge is 2.30. The van der Waals surface area contributed by atoms with Gasteiger partial charge in [0.2, 0.25) is 10.0 Å². The van der Waals surface area contributed by atoms with E-state index in [0.29, 0.717) is 34.2 Å². The summed E-state index contributed by atoms with van der Waals surface area (Å²) in [7, 11) is -2.27. The number of hydrogen-bond acceptors (Lipinski definition) is 4. The second-order valence-corrected chi connectivity index (χ2v) is 12.7. The van der Waals surface area contributed by atoms with Gasteiger partial charge in [-0.1, -0.05) is 24.3 Å². The standard InChI is InChI=1S/C34H27F4N3O4S/c1-3-46(43,44)40-28-18-30-27(31(33(42)39-2)32(45-30)22-8-12-25(35)13-9-22)17-26(28)23-7-6-21-14-15-41(29(21)16-23)19-20-4-10-24(11-5-20)34(36,37)38/h4-18,40H,3,19H2,1-2H3,(H,39,42). The number of furan rings is 1. The Morgan fingerprint density at radius 2 is 1.61 bits per heavy atom. The fourth-order valence-electron chi connectivity index (χ4n) is 5.35. The quantitative estimate of drug-likeness (QED) is 0.163. The molecule has 2 heterocycles. The summed E-state index contributed by atoms with van der Waals surface area (Å²) in [5.41, 5.74) is 2.88. The molecule has 0 saturated heterocycles. The van der Waals surface area contributed by atoms with E-state index < -0.39 is 33.5 Å². The first-order chi connectivity index (χ1) is 21.9. The molecule has 0 saturated carbocycles. The van der Waals surface area contributed by atoms with Crippen molar-refractivity contribution in [1.29, 1.82) is 0 Å². The normalized spacial score (nSPS) is 12.1. The van der Waals surface area contributed by atoms with Crippen molar-refractivity contribution < 1.29 is 35.2 Å². The summed E-state index contributed by atoms with van der Waals surface area (Å²) in [5, 5.41) is 3.89. The molecular weight excluding hydrogens is 622 g/mol. The SMILES string of the molecule is CCS(=O)(=O)Nc1cc2oc(-c3ccc(F)cc3)c(C(=O)NC)c2cc1-c1ccc2ccn(Cc3ccc(C(F)(F)F)cc3)c2c1. The molecule has 2 aromatic heterocycles. The Labute approximate surface area is 261 Å². The lowest BCUT2D eigenvalue weighted by Crippen LogP contribution is -2.18. The molecule has 4 aromatic carbocycles. The Bertz CT molecular complexity index is 2200. The van der Waals surface area contributed by atoms with Crippen molar-refractivity contribution in [2.45, 2.75) is 19.6 Å². The molecule has 0 spiro atoms. The molecule has 12 heteroatoms. The van der Waals surface area contributed by atoms with Crippen LogP contribution in [0.4, 0.5) is 23.2 Å².